The second-order valence-corrected chi connectivity index (χ2v) is 12.4. The van der Waals surface area contributed by atoms with Crippen LogP contribution in [-0.4, -0.2) is 58.5 Å². The first-order valence-electron chi connectivity index (χ1n) is 15.0. The molecule has 0 aromatic heterocycles. The number of hydrogen-bond donors (Lipinski definition) is 2. The molecule has 1 aliphatic rings. The number of alkyl halides is 6. The standard InChI is InChI=1S/C36H36F6N2O2/c1-33(2,45)31-15-11-29(12-16-31)27-7-3-25(4-8-27)23-43-19-21-44(22-20-43)24-26-5-9-28(10-6-26)30-13-17-32(18-14-30)34(46,35(37,38)39)36(40,41)42/h3-18,45-46H,19-24H2,1-2H3. The second kappa shape index (κ2) is 12.8. The van der Waals surface area contributed by atoms with E-state index in [0.717, 1.165) is 73.7 Å². The molecule has 4 aromatic carbocycles. The molecule has 1 fully saturated rings. The molecule has 1 heterocycles. The lowest BCUT2D eigenvalue weighted by Gasteiger charge is -2.34. The van der Waals surface area contributed by atoms with Gasteiger partial charge in [0.25, 0.3) is 5.60 Å². The van der Waals surface area contributed by atoms with Crippen molar-refractivity contribution in [3.8, 4) is 22.3 Å². The molecule has 0 atom stereocenters. The maximum Gasteiger partial charge on any atom is 0.430 e. The minimum absolute atomic E-state index is 0.437. The monoisotopic (exact) mass is 642 g/mol. The normalized spacial score (nSPS) is 15.7. The van der Waals surface area contributed by atoms with E-state index in [1.54, 1.807) is 26.0 Å². The molecule has 0 spiro atoms. The van der Waals surface area contributed by atoms with Crippen LogP contribution in [0.4, 0.5) is 26.3 Å². The van der Waals surface area contributed by atoms with Crippen LogP contribution in [0.2, 0.25) is 0 Å². The third kappa shape index (κ3) is 7.31. The van der Waals surface area contributed by atoms with Gasteiger partial charge in [0, 0.05) is 44.8 Å². The minimum atomic E-state index is -5.92. The van der Waals surface area contributed by atoms with E-state index in [9.17, 15) is 36.6 Å². The summed E-state index contributed by atoms with van der Waals surface area (Å²) in [7, 11) is 0. The minimum Gasteiger partial charge on any atom is -0.386 e. The molecule has 0 aliphatic carbocycles. The van der Waals surface area contributed by atoms with Gasteiger partial charge in [-0.05, 0) is 52.8 Å². The Bertz CT molecular complexity index is 1570. The van der Waals surface area contributed by atoms with Gasteiger partial charge in [0.1, 0.15) is 0 Å². The third-order valence-corrected chi connectivity index (χ3v) is 8.57. The van der Waals surface area contributed by atoms with Gasteiger partial charge in [-0.1, -0.05) is 97.1 Å². The van der Waals surface area contributed by atoms with Crippen LogP contribution >= 0.6 is 0 Å². The van der Waals surface area contributed by atoms with E-state index >= 15 is 0 Å². The molecule has 0 radical (unpaired) electrons. The zero-order valence-electron chi connectivity index (χ0n) is 25.5. The topological polar surface area (TPSA) is 46.9 Å². The molecular formula is C36H36F6N2O2. The predicted molar refractivity (Wildman–Crippen MR) is 166 cm³/mol. The van der Waals surface area contributed by atoms with Crippen molar-refractivity contribution >= 4 is 0 Å². The summed E-state index contributed by atoms with van der Waals surface area (Å²) >= 11 is 0. The number of rotatable bonds is 8. The number of aliphatic hydroxyl groups is 2. The van der Waals surface area contributed by atoms with Crippen molar-refractivity contribution in [2.45, 2.75) is 50.5 Å². The summed E-state index contributed by atoms with van der Waals surface area (Å²) in [6, 6.07) is 27.5. The number of piperazine rings is 1. The van der Waals surface area contributed by atoms with E-state index in [-0.39, 0.29) is 0 Å². The van der Waals surface area contributed by atoms with Crippen molar-refractivity contribution in [1.29, 1.82) is 0 Å². The Hall–Kier alpha value is -3.70. The quantitative estimate of drug-likeness (QED) is 0.192. The molecule has 0 amide bonds. The molecule has 2 N–H and O–H groups in total. The zero-order valence-corrected chi connectivity index (χ0v) is 25.5. The summed E-state index contributed by atoms with van der Waals surface area (Å²) in [5, 5.41) is 19.8. The Kier molecular flexibility index (Phi) is 9.39. The van der Waals surface area contributed by atoms with Gasteiger partial charge in [0.05, 0.1) is 5.60 Å². The van der Waals surface area contributed by atoms with Crippen molar-refractivity contribution in [2.75, 3.05) is 26.2 Å². The Morgan fingerprint density at radius 1 is 0.478 bits per heavy atom. The van der Waals surface area contributed by atoms with E-state index < -0.39 is 29.1 Å². The first-order valence-corrected chi connectivity index (χ1v) is 15.0. The smallest absolute Gasteiger partial charge is 0.386 e. The molecule has 4 nitrogen and oxygen atoms in total. The molecule has 10 heteroatoms. The summed E-state index contributed by atoms with van der Waals surface area (Å²) in [6.45, 7) is 8.70. The summed E-state index contributed by atoms with van der Waals surface area (Å²) < 4.78 is 79.1. The maximum atomic E-state index is 13.2. The number of nitrogens with zero attached hydrogens (tertiary/aromatic N) is 2. The Morgan fingerprint density at radius 3 is 1.04 bits per heavy atom. The lowest BCUT2D eigenvalue weighted by atomic mass is 9.90. The van der Waals surface area contributed by atoms with E-state index in [2.05, 4.69) is 34.1 Å². The summed E-state index contributed by atoms with van der Waals surface area (Å²) in [4.78, 5) is 4.75. The maximum absolute atomic E-state index is 13.2. The van der Waals surface area contributed by atoms with E-state index in [1.165, 1.54) is 5.56 Å². The van der Waals surface area contributed by atoms with Crippen LogP contribution in [-0.2, 0) is 24.3 Å². The van der Waals surface area contributed by atoms with Gasteiger partial charge >= 0.3 is 12.4 Å². The van der Waals surface area contributed by atoms with Crippen LogP contribution in [0.3, 0.4) is 0 Å². The number of hydrogen-bond acceptors (Lipinski definition) is 4. The highest BCUT2D eigenvalue weighted by Gasteiger charge is 2.71. The Balaban J connectivity index is 1.12. The van der Waals surface area contributed by atoms with Crippen LogP contribution in [0.15, 0.2) is 97.1 Å². The zero-order chi connectivity index (χ0) is 33.3. The van der Waals surface area contributed by atoms with Crippen molar-refractivity contribution < 1.29 is 36.6 Å². The highest BCUT2D eigenvalue weighted by molar-refractivity contribution is 5.65. The number of halogens is 6. The van der Waals surface area contributed by atoms with Gasteiger partial charge in [-0.25, -0.2) is 0 Å². The molecule has 0 bridgehead atoms. The van der Waals surface area contributed by atoms with Crippen LogP contribution in [0.5, 0.6) is 0 Å². The molecule has 1 aliphatic heterocycles. The predicted octanol–water partition coefficient (Wildman–Crippen LogP) is 7.88. The fourth-order valence-corrected chi connectivity index (χ4v) is 5.69. The fourth-order valence-electron chi connectivity index (χ4n) is 5.69. The van der Waals surface area contributed by atoms with Crippen LogP contribution in [0, 0.1) is 0 Å². The fraction of sp³-hybridized carbons (Fsp3) is 0.333. The average Bonchev–Trinajstić information content (AvgIpc) is 3.01. The van der Waals surface area contributed by atoms with Crippen molar-refractivity contribution in [3.63, 3.8) is 0 Å². The van der Waals surface area contributed by atoms with Crippen molar-refractivity contribution in [3.05, 3.63) is 119 Å². The third-order valence-electron chi connectivity index (χ3n) is 8.57. The molecule has 4 aromatic rings. The summed E-state index contributed by atoms with van der Waals surface area (Å²) in [6.07, 6.45) is -11.8. The van der Waals surface area contributed by atoms with Gasteiger partial charge in [0.2, 0.25) is 0 Å². The Morgan fingerprint density at radius 2 is 0.761 bits per heavy atom. The molecule has 46 heavy (non-hydrogen) atoms. The van der Waals surface area contributed by atoms with Crippen LogP contribution in [0.1, 0.15) is 36.1 Å². The molecule has 5 rings (SSSR count). The van der Waals surface area contributed by atoms with Crippen molar-refractivity contribution in [2.24, 2.45) is 0 Å². The first-order chi connectivity index (χ1) is 21.5. The molecule has 0 saturated carbocycles. The molecule has 244 valence electrons. The summed E-state index contributed by atoms with van der Waals surface area (Å²) in [5.74, 6) is 0. The second-order valence-electron chi connectivity index (χ2n) is 12.4. The highest BCUT2D eigenvalue weighted by Crippen LogP contribution is 2.50. The summed E-state index contributed by atoms with van der Waals surface area (Å²) in [5.41, 5.74) is -0.654. The van der Waals surface area contributed by atoms with Gasteiger partial charge in [-0.15, -0.1) is 0 Å². The molecule has 0 unspecified atom stereocenters. The SMILES string of the molecule is CC(C)(O)c1ccc(-c2ccc(CN3CCN(Cc4ccc(-c5ccc(C(O)(C(F)(F)F)C(F)(F)F)cc5)cc4)CC3)cc2)cc1. The molecular weight excluding hydrogens is 606 g/mol. The van der Waals surface area contributed by atoms with E-state index in [4.69, 9.17) is 0 Å². The van der Waals surface area contributed by atoms with E-state index in [1.807, 2.05) is 36.4 Å². The van der Waals surface area contributed by atoms with Gasteiger partial charge in [-0.3, -0.25) is 9.80 Å². The van der Waals surface area contributed by atoms with Crippen molar-refractivity contribution in [1.82, 2.24) is 9.80 Å². The van der Waals surface area contributed by atoms with E-state index in [0.29, 0.717) is 23.3 Å². The van der Waals surface area contributed by atoms with Gasteiger partial charge in [-0.2, -0.15) is 26.3 Å². The number of benzene rings is 4. The van der Waals surface area contributed by atoms with Gasteiger partial charge < -0.3 is 10.2 Å². The average molecular weight is 643 g/mol. The first kappa shape index (κ1) is 33.7. The highest BCUT2D eigenvalue weighted by atomic mass is 19.4. The lowest BCUT2D eigenvalue weighted by molar-refractivity contribution is -0.376. The Labute approximate surface area is 264 Å². The lowest BCUT2D eigenvalue weighted by Crippen LogP contribution is -2.53. The van der Waals surface area contributed by atoms with Gasteiger partial charge in [0.15, 0.2) is 0 Å². The van der Waals surface area contributed by atoms with Crippen LogP contribution < -0.4 is 0 Å². The largest absolute Gasteiger partial charge is 0.430 e. The van der Waals surface area contributed by atoms with Crippen LogP contribution in [0.25, 0.3) is 22.3 Å². The molecule has 1 saturated heterocycles.